The standard InChI is InChI=1S/C25H29BrClN5O3/c1-5-17(27)7-6-15(2)8-9-29-23(34)18-10-16-11-19(26)21(28)30-22(16)32(24(18)35)12-20(33)31-13-25(3,4)14-31/h5-7,10-11H,1,8-9,12-14H2,2-4H3,(H2,28,30)(H,29,34). The third-order valence-electron chi connectivity index (χ3n) is 5.70. The van der Waals surface area contributed by atoms with E-state index in [0.717, 1.165) is 5.57 Å². The summed E-state index contributed by atoms with van der Waals surface area (Å²) in [7, 11) is 0. The van der Waals surface area contributed by atoms with E-state index < -0.39 is 11.5 Å². The molecule has 0 aromatic carbocycles. The van der Waals surface area contributed by atoms with Crippen LogP contribution in [0, 0.1) is 5.41 Å². The van der Waals surface area contributed by atoms with E-state index in [2.05, 4.69) is 46.7 Å². The Bertz CT molecular complexity index is 1300. The highest BCUT2D eigenvalue weighted by molar-refractivity contribution is 9.10. The first kappa shape index (κ1) is 26.7. The first-order chi connectivity index (χ1) is 16.4. The number of hydrogen-bond donors (Lipinski definition) is 2. The molecule has 0 aliphatic carbocycles. The number of nitrogens with zero attached hydrogens (tertiary/aromatic N) is 3. The summed E-state index contributed by atoms with van der Waals surface area (Å²) in [5.74, 6) is -0.544. The number of carbonyl (C=O) groups is 2. The highest BCUT2D eigenvalue weighted by atomic mass is 79.9. The van der Waals surface area contributed by atoms with E-state index in [0.29, 0.717) is 40.9 Å². The number of nitrogens with one attached hydrogen (secondary N) is 1. The zero-order valence-electron chi connectivity index (χ0n) is 20.0. The molecule has 8 nitrogen and oxygen atoms in total. The summed E-state index contributed by atoms with van der Waals surface area (Å²) in [6, 6.07) is 3.16. The molecule has 1 fully saturated rings. The number of halogens is 2. The van der Waals surface area contributed by atoms with Gasteiger partial charge in [-0.25, -0.2) is 4.98 Å². The van der Waals surface area contributed by atoms with Gasteiger partial charge in [-0.1, -0.05) is 49.8 Å². The Morgan fingerprint density at radius 3 is 2.63 bits per heavy atom. The number of hydrogen-bond acceptors (Lipinski definition) is 5. The topological polar surface area (TPSA) is 110 Å². The van der Waals surface area contributed by atoms with Crippen LogP contribution in [-0.2, 0) is 11.3 Å². The van der Waals surface area contributed by atoms with E-state index in [4.69, 9.17) is 17.3 Å². The van der Waals surface area contributed by atoms with Gasteiger partial charge in [-0.3, -0.25) is 19.0 Å². The second-order valence-electron chi connectivity index (χ2n) is 9.41. The van der Waals surface area contributed by atoms with Gasteiger partial charge >= 0.3 is 0 Å². The zero-order chi connectivity index (χ0) is 25.9. The summed E-state index contributed by atoms with van der Waals surface area (Å²) in [5.41, 5.74) is 6.58. The molecular weight excluding hydrogens is 534 g/mol. The number of rotatable bonds is 8. The summed E-state index contributed by atoms with van der Waals surface area (Å²) in [4.78, 5) is 45.1. The number of nitrogen functional groups attached to an aromatic ring is 1. The van der Waals surface area contributed by atoms with Gasteiger partial charge in [0, 0.05) is 30.1 Å². The lowest BCUT2D eigenvalue weighted by Crippen LogP contribution is -2.56. The highest BCUT2D eigenvalue weighted by Gasteiger charge is 2.37. The van der Waals surface area contributed by atoms with Crippen molar-refractivity contribution in [1.29, 1.82) is 0 Å². The summed E-state index contributed by atoms with van der Waals surface area (Å²) in [6.07, 6.45) is 5.67. The fourth-order valence-corrected chi connectivity index (χ4v) is 4.24. The van der Waals surface area contributed by atoms with Crippen LogP contribution in [0.4, 0.5) is 5.82 Å². The fraction of sp³-hybridized carbons (Fsp3) is 0.360. The van der Waals surface area contributed by atoms with Crippen molar-refractivity contribution in [2.24, 2.45) is 5.41 Å². The van der Waals surface area contributed by atoms with Crippen molar-refractivity contribution in [3.8, 4) is 0 Å². The molecule has 186 valence electrons. The van der Waals surface area contributed by atoms with Crippen LogP contribution in [0.25, 0.3) is 11.0 Å². The molecule has 3 rings (SSSR count). The largest absolute Gasteiger partial charge is 0.383 e. The van der Waals surface area contributed by atoms with E-state index in [1.165, 1.54) is 16.7 Å². The summed E-state index contributed by atoms with van der Waals surface area (Å²) in [5, 5.41) is 3.82. The van der Waals surface area contributed by atoms with Crippen LogP contribution in [0.5, 0.6) is 0 Å². The maximum atomic E-state index is 13.3. The molecule has 2 amide bonds. The molecule has 3 heterocycles. The van der Waals surface area contributed by atoms with Crippen molar-refractivity contribution >= 4 is 56.2 Å². The first-order valence-corrected chi connectivity index (χ1v) is 12.3. The Hall–Kier alpha value is -2.91. The number of nitrogens with two attached hydrogens (primary N) is 1. The van der Waals surface area contributed by atoms with Crippen LogP contribution in [-0.4, -0.2) is 45.9 Å². The normalized spacial score (nSPS) is 15.6. The monoisotopic (exact) mass is 561 g/mol. The van der Waals surface area contributed by atoms with Gasteiger partial charge in [0.05, 0.1) is 4.47 Å². The molecule has 2 aromatic heterocycles. The van der Waals surface area contributed by atoms with Crippen LogP contribution in [0.2, 0.25) is 0 Å². The number of pyridine rings is 2. The van der Waals surface area contributed by atoms with Crippen LogP contribution in [0.3, 0.4) is 0 Å². The average molecular weight is 563 g/mol. The van der Waals surface area contributed by atoms with Crippen LogP contribution in [0.15, 0.2) is 56.8 Å². The van der Waals surface area contributed by atoms with Crippen molar-refractivity contribution in [2.45, 2.75) is 33.7 Å². The van der Waals surface area contributed by atoms with Gasteiger partial charge in [0.2, 0.25) is 5.91 Å². The van der Waals surface area contributed by atoms with Gasteiger partial charge < -0.3 is 16.0 Å². The van der Waals surface area contributed by atoms with Crippen molar-refractivity contribution in [2.75, 3.05) is 25.4 Å². The Morgan fingerprint density at radius 1 is 1.31 bits per heavy atom. The summed E-state index contributed by atoms with van der Waals surface area (Å²) in [6.45, 7) is 11.0. The molecular formula is C25H29BrClN5O3. The molecule has 3 N–H and O–H groups in total. The molecule has 0 saturated carbocycles. The van der Waals surface area contributed by atoms with E-state index in [-0.39, 0.29) is 34.9 Å². The second kappa shape index (κ2) is 10.8. The number of likely N-dealkylation sites (tertiary alicyclic amines) is 1. The van der Waals surface area contributed by atoms with Gasteiger partial charge in [-0.05, 0) is 52.9 Å². The first-order valence-electron chi connectivity index (χ1n) is 11.1. The second-order valence-corrected chi connectivity index (χ2v) is 10.7. The molecule has 2 aromatic rings. The van der Waals surface area contributed by atoms with Crippen LogP contribution < -0.4 is 16.6 Å². The third kappa shape index (κ3) is 6.41. The fourth-order valence-electron chi connectivity index (χ4n) is 3.84. The van der Waals surface area contributed by atoms with Gasteiger partial charge in [-0.2, -0.15) is 0 Å². The number of anilines is 1. The summed E-state index contributed by atoms with van der Waals surface area (Å²) >= 11 is 9.24. The lowest BCUT2D eigenvalue weighted by molar-refractivity contribution is -0.142. The average Bonchev–Trinajstić information content (AvgIpc) is 2.78. The number of fused-ring (bicyclic) bond motifs is 1. The lowest BCUT2D eigenvalue weighted by atomic mass is 9.84. The molecule has 0 bridgehead atoms. The van der Waals surface area contributed by atoms with Gasteiger partial charge in [0.25, 0.3) is 11.5 Å². The molecule has 10 heteroatoms. The van der Waals surface area contributed by atoms with E-state index >= 15 is 0 Å². The number of allylic oxidation sites excluding steroid dienone is 4. The van der Waals surface area contributed by atoms with Crippen molar-refractivity contribution in [1.82, 2.24) is 19.8 Å². The Kier molecular flexibility index (Phi) is 8.22. The zero-order valence-corrected chi connectivity index (χ0v) is 22.4. The molecule has 35 heavy (non-hydrogen) atoms. The number of carbonyl (C=O) groups excluding carboxylic acids is 2. The van der Waals surface area contributed by atoms with Crippen LogP contribution >= 0.6 is 27.5 Å². The van der Waals surface area contributed by atoms with Gasteiger partial charge in [0.15, 0.2) is 0 Å². The SMILES string of the molecule is C=CC(Cl)=CC=C(C)CCNC(=O)c1cc2cc(Br)c(N)nc2n(CC(=O)N2CC(C)(C)C2)c1=O. The van der Waals surface area contributed by atoms with E-state index in [1.54, 1.807) is 17.0 Å². The van der Waals surface area contributed by atoms with Gasteiger partial charge in [0.1, 0.15) is 23.6 Å². The minimum Gasteiger partial charge on any atom is -0.383 e. The highest BCUT2D eigenvalue weighted by Crippen LogP contribution is 2.29. The number of amides is 2. The minimum atomic E-state index is -0.592. The molecule has 0 unspecified atom stereocenters. The molecule has 0 radical (unpaired) electrons. The third-order valence-corrected chi connectivity index (χ3v) is 6.61. The Balaban J connectivity index is 1.87. The summed E-state index contributed by atoms with van der Waals surface area (Å²) < 4.78 is 1.76. The van der Waals surface area contributed by atoms with E-state index in [9.17, 15) is 14.4 Å². The molecule has 1 saturated heterocycles. The van der Waals surface area contributed by atoms with Crippen LogP contribution in [0.1, 0.15) is 37.6 Å². The molecule has 0 atom stereocenters. The van der Waals surface area contributed by atoms with Gasteiger partial charge in [-0.15, -0.1) is 0 Å². The lowest BCUT2D eigenvalue weighted by Gasteiger charge is -2.45. The Morgan fingerprint density at radius 2 is 2.00 bits per heavy atom. The minimum absolute atomic E-state index is 0.0529. The van der Waals surface area contributed by atoms with E-state index in [1.807, 2.05) is 13.0 Å². The maximum Gasteiger partial charge on any atom is 0.265 e. The molecule has 1 aliphatic heterocycles. The molecule has 0 spiro atoms. The Labute approximate surface area is 217 Å². The quantitative estimate of drug-likeness (QED) is 0.473. The number of aromatic nitrogens is 2. The van der Waals surface area contributed by atoms with Crippen molar-refractivity contribution < 1.29 is 9.59 Å². The predicted octanol–water partition coefficient (Wildman–Crippen LogP) is 3.98. The smallest absolute Gasteiger partial charge is 0.265 e. The molecule has 1 aliphatic rings. The van der Waals surface area contributed by atoms with Crippen molar-refractivity contribution in [3.05, 3.63) is 67.9 Å². The predicted molar refractivity (Wildman–Crippen MR) is 143 cm³/mol. The van der Waals surface area contributed by atoms with Crippen molar-refractivity contribution in [3.63, 3.8) is 0 Å². The maximum absolute atomic E-state index is 13.3.